The molecule has 0 spiro atoms. The molecule has 0 amide bonds. The number of halogens is 8. The molecule has 37 heavy (non-hydrogen) atoms. The van der Waals surface area contributed by atoms with Crippen molar-refractivity contribution in [1.29, 1.82) is 0 Å². The van der Waals surface area contributed by atoms with Crippen molar-refractivity contribution in [2.75, 3.05) is 0 Å². The molecule has 0 heterocycles. The van der Waals surface area contributed by atoms with Crippen LogP contribution in [0.4, 0.5) is 0 Å². The van der Waals surface area contributed by atoms with Crippen LogP contribution in [0.5, 0.6) is 0 Å². The van der Waals surface area contributed by atoms with Crippen LogP contribution in [0.2, 0.25) is 0 Å². The highest BCUT2D eigenvalue weighted by molar-refractivity contribution is 7.96. The molecule has 13 heteroatoms. The van der Waals surface area contributed by atoms with Gasteiger partial charge in [0.25, 0.3) is 0 Å². The Morgan fingerprint density at radius 3 is 1.27 bits per heavy atom. The van der Waals surface area contributed by atoms with Gasteiger partial charge in [-0.05, 0) is 23.3 Å². The van der Waals surface area contributed by atoms with Gasteiger partial charge in [0, 0.05) is 0 Å². The molecule has 2 aromatic carbocycles. The SMILES string of the molecule is ClC1=CC(N=NSN=NC2=C(Cl)C(c3ccccc3)C(Cl)(Cl)C(Cl)=C2)=C(Cl)C(c2ccccc2)C1(Cl)Cl. The Kier molecular flexibility index (Phi) is 9.65. The minimum absolute atomic E-state index is 0.158. The van der Waals surface area contributed by atoms with Crippen LogP contribution in [0, 0.1) is 0 Å². The van der Waals surface area contributed by atoms with E-state index in [0.717, 1.165) is 11.1 Å². The Bertz CT molecular complexity index is 1250. The molecule has 4 nitrogen and oxygen atoms in total. The molecule has 2 unspecified atom stereocenters. The largest absolute Gasteiger partial charge is 0.165 e. The van der Waals surface area contributed by atoms with Crippen LogP contribution in [0.15, 0.2) is 124 Å². The smallest absolute Gasteiger partial charge is 0.141 e. The highest BCUT2D eigenvalue weighted by Gasteiger charge is 2.46. The Balaban J connectivity index is 1.55. The van der Waals surface area contributed by atoms with E-state index in [2.05, 4.69) is 19.3 Å². The fourth-order valence-corrected chi connectivity index (χ4v) is 6.61. The van der Waals surface area contributed by atoms with E-state index in [0.29, 0.717) is 12.1 Å². The van der Waals surface area contributed by atoms with Gasteiger partial charge in [-0.25, -0.2) is 0 Å². The summed E-state index contributed by atoms with van der Waals surface area (Å²) in [7, 11) is 0. The van der Waals surface area contributed by atoms with Gasteiger partial charge in [-0.2, -0.15) is 0 Å². The van der Waals surface area contributed by atoms with Crippen molar-refractivity contribution in [2.24, 2.45) is 19.3 Å². The molecule has 0 saturated carbocycles. The first-order valence-electron chi connectivity index (χ1n) is 10.4. The predicted molar refractivity (Wildman–Crippen MR) is 158 cm³/mol. The summed E-state index contributed by atoms with van der Waals surface area (Å²) in [6.45, 7) is 0. The lowest BCUT2D eigenvalue weighted by molar-refractivity contribution is 0.763. The summed E-state index contributed by atoms with van der Waals surface area (Å²) in [5, 5.41) is 9.13. The maximum absolute atomic E-state index is 6.62. The van der Waals surface area contributed by atoms with Crippen molar-refractivity contribution >= 4 is 105 Å². The van der Waals surface area contributed by atoms with Gasteiger partial charge in [-0.15, -0.1) is 10.2 Å². The molecule has 2 aliphatic rings. The van der Waals surface area contributed by atoms with E-state index in [4.69, 9.17) is 92.8 Å². The molecule has 0 N–H and O–H groups in total. The number of rotatable bonds is 6. The second-order valence-corrected chi connectivity index (χ2v) is 12.7. The van der Waals surface area contributed by atoms with Gasteiger partial charge in [0.05, 0.1) is 32.0 Å². The molecule has 0 radical (unpaired) electrons. The number of benzene rings is 2. The van der Waals surface area contributed by atoms with Crippen molar-refractivity contribution in [3.63, 3.8) is 0 Å². The number of alkyl halides is 4. The first kappa shape index (κ1) is 29.3. The second-order valence-electron chi connectivity index (χ2n) is 7.83. The quantitative estimate of drug-likeness (QED) is 0.171. The molecular weight excluding hydrogens is 660 g/mol. The fourth-order valence-electron chi connectivity index (χ4n) is 3.76. The summed E-state index contributed by atoms with van der Waals surface area (Å²) < 4.78 is 5.01. The maximum Gasteiger partial charge on any atom is 0.165 e. The Hall–Kier alpha value is -0.730. The Morgan fingerprint density at radius 2 is 0.919 bits per heavy atom. The fraction of sp³-hybridized carbons (Fsp3) is 0.167. The zero-order valence-corrected chi connectivity index (χ0v) is 25.2. The van der Waals surface area contributed by atoms with E-state index in [1.807, 2.05) is 60.7 Å². The molecule has 0 aromatic heterocycles. The first-order valence-corrected chi connectivity index (χ1v) is 14.2. The normalized spacial score (nSPS) is 23.6. The Morgan fingerprint density at radius 1 is 0.568 bits per heavy atom. The van der Waals surface area contributed by atoms with Crippen LogP contribution in [0.25, 0.3) is 0 Å². The van der Waals surface area contributed by atoms with Crippen LogP contribution in [-0.4, -0.2) is 8.67 Å². The lowest BCUT2D eigenvalue weighted by Gasteiger charge is -2.33. The van der Waals surface area contributed by atoms with Gasteiger partial charge in [0.15, 0.2) is 20.8 Å². The molecule has 0 aliphatic heterocycles. The number of nitrogens with zero attached hydrogens (tertiary/aromatic N) is 4. The minimum Gasteiger partial charge on any atom is -0.141 e. The van der Waals surface area contributed by atoms with Crippen molar-refractivity contribution in [2.45, 2.75) is 20.5 Å². The molecule has 0 fully saturated rings. The second kappa shape index (κ2) is 12.2. The van der Waals surface area contributed by atoms with Gasteiger partial charge >= 0.3 is 0 Å². The van der Waals surface area contributed by atoms with E-state index in [1.165, 1.54) is 12.2 Å². The third-order valence-electron chi connectivity index (χ3n) is 5.52. The highest BCUT2D eigenvalue weighted by Crippen LogP contribution is 2.55. The Labute approximate surface area is 258 Å². The number of allylic oxidation sites excluding steroid dienone is 6. The van der Waals surface area contributed by atoms with E-state index >= 15 is 0 Å². The molecule has 0 saturated heterocycles. The van der Waals surface area contributed by atoms with Crippen LogP contribution >= 0.6 is 105 Å². The summed E-state index contributed by atoms with van der Waals surface area (Å²) in [6, 6.07) is 18.5. The third kappa shape index (κ3) is 6.21. The molecule has 192 valence electrons. The monoisotopic (exact) mass is 670 g/mol. The van der Waals surface area contributed by atoms with E-state index in [-0.39, 0.29) is 31.5 Å². The zero-order chi connectivity index (χ0) is 26.8. The molecule has 2 atom stereocenters. The first-order chi connectivity index (χ1) is 17.5. The summed E-state index contributed by atoms with van der Waals surface area (Å²) in [5.74, 6) is -1.28. The average molecular weight is 674 g/mol. The van der Waals surface area contributed by atoms with Crippen LogP contribution in [0.1, 0.15) is 23.0 Å². The summed E-state index contributed by atoms with van der Waals surface area (Å²) in [6.07, 6.45) is 2.91. The van der Waals surface area contributed by atoms with Crippen molar-refractivity contribution < 1.29 is 0 Å². The van der Waals surface area contributed by atoms with Crippen molar-refractivity contribution in [1.82, 2.24) is 0 Å². The van der Waals surface area contributed by atoms with Crippen molar-refractivity contribution in [3.05, 3.63) is 115 Å². The van der Waals surface area contributed by atoms with E-state index in [9.17, 15) is 0 Å². The summed E-state index contributed by atoms with van der Waals surface area (Å²) >= 11 is 52.8. The van der Waals surface area contributed by atoms with Gasteiger partial charge in [-0.1, -0.05) is 163 Å². The molecule has 4 rings (SSSR count). The van der Waals surface area contributed by atoms with Crippen LogP contribution in [-0.2, 0) is 0 Å². The maximum atomic E-state index is 6.62. The minimum atomic E-state index is -1.46. The van der Waals surface area contributed by atoms with Crippen molar-refractivity contribution in [3.8, 4) is 0 Å². The summed E-state index contributed by atoms with van der Waals surface area (Å²) in [5.41, 5.74) is 2.12. The van der Waals surface area contributed by atoms with Crippen LogP contribution in [0.3, 0.4) is 0 Å². The standard InChI is InChI=1S/C24H14Cl8N4S/c25-17-11-15(21(27)19(23(17,29)30)13-7-3-1-4-8-13)33-35-37-36-34-16-12-18(26)24(31,32)20(22(16)28)14-9-5-2-6-10-14/h1-12,19-20H. The molecule has 2 aromatic rings. The average Bonchev–Trinajstić information content (AvgIpc) is 2.86. The van der Waals surface area contributed by atoms with E-state index in [1.54, 1.807) is 0 Å². The summed E-state index contributed by atoms with van der Waals surface area (Å²) in [4.78, 5) is 0. The predicted octanol–water partition coefficient (Wildman–Crippen LogP) is 11.5. The number of hydrogen-bond donors (Lipinski definition) is 0. The molecular formula is C24H14Cl8N4S. The van der Waals surface area contributed by atoms with Gasteiger partial charge in [-0.3, -0.25) is 0 Å². The molecule has 2 aliphatic carbocycles. The van der Waals surface area contributed by atoms with Gasteiger partial charge < -0.3 is 0 Å². The number of hydrogen-bond acceptors (Lipinski definition) is 5. The lowest BCUT2D eigenvalue weighted by Crippen LogP contribution is -2.28. The van der Waals surface area contributed by atoms with E-state index < -0.39 is 20.5 Å². The molecule has 0 bridgehead atoms. The highest BCUT2D eigenvalue weighted by atomic mass is 35.5. The van der Waals surface area contributed by atoms with Crippen LogP contribution < -0.4 is 0 Å². The van der Waals surface area contributed by atoms with Gasteiger partial charge in [0.2, 0.25) is 0 Å². The lowest BCUT2D eigenvalue weighted by atomic mass is 9.90. The topological polar surface area (TPSA) is 49.4 Å². The third-order valence-corrected chi connectivity index (χ3v) is 9.54. The van der Waals surface area contributed by atoms with Gasteiger partial charge in [0.1, 0.15) is 11.4 Å². The zero-order valence-electron chi connectivity index (χ0n) is 18.3.